The third-order valence-electron chi connectivity index (χ3n) is 12.9. The van der Waals surface area contributed by atoms with E-state index in [2.05, 4.69) is 75.1 Å². The normalized spacial score (nSPS) is 23.5. The molecule has 10 heteroatoms. The number of hydrogen-bond acceptors (Lipinski definition) is 8. The minimum atomic E-state index is -0.429. The van der Waals surface area contributed by atoms with E-state index in [-0.39, 0.29) is 17.7 Å². The summed E-state index contributed by atoms with van der Waals surface area (Å²) >= 11 is 0. The predicted octanol–water partition coefficient (Wildman–Crippen LogP) is 6.22. The Hall–Kier alpha value is -5.22. The number of allylic oxidation sites excluding steroid dienone is 1. The number of nitrogens with zero attached hydrogens (tertiary/aromatic N) is 6. The van der Waals surface area contributed by atoms with Crippen LogP contribution in [0.2, 0.25) is 0 Å². The average Bonchev–Trinajstić information content (AvgIpc) is 3.55. The Morgan fingerprint density at radius 3 is 2.33 bits per heavy atom. The SMILES string of the molecule is C=C1CCC(N2Cc3cc(N4CCN(CCC5CCN(c6ncc([C@@H]7c8ccc(O)cc8CC[C@@H]7c7ccccc7)cn6)CC5)CC4)ccc3C2=O)C(=O)N1. The molecule has 1 aliphatic carbocycles. The lowest BCUT2D eigenvalue weighted by Gasteiger charge is -2.38. The van der Waals surface area contributed by atoms with Crippen molar-refractivity contribution in [2.45, 2.75) is 69.4 Å². The molecule has 0 spiro atoms. The molecule has 1 aromatic heterocycles. The first-order valence-corrected chi connectivity index (χ1v) is 20.2. The summed E-state index contributed by atoms with van der Waals surface area (Å²) in [6, 6.07) is 22.4. The second-order valence-corrected chi connectivity index (χ2v) is 16.2. The van der Waals surface area contributed by atoms with E-state index in [4.69, 9.17) is 9.97 Å². The number of phenolic OH excluding ortho intramolecular Hbond substituents is 1. The van der Waals surface area contributed by atoms with Gasteiger partial charge in [0.05, 0.1) is 0 Å². The summed E-state index contributed by atoms with van der Waals surface area (Å²) in [6.07, 6.45) is 10.9. The van der Waals surface area contributed by atoms with E-state index in [9.17, 15) is 14.7 Å². The van der Waals surface area contributed by atoms with Crippen LogP contribution in [0.5, 0.6) is 5.75 Å². The molecule has 284 valence electrons. The van der Waals surface area contributed by atoms with Crippen LogP contribution in [-0.4, -0.2) is 88.5 Å². The number of carbonyl (C=O) groups is 2. The van der Waals surface area contributed by atoms with Crippen molar-refractivity contribution in [3.8, 4) is 5.75 Å². The molecule has 55 heavy (non-hydrogen) atoms. The molecule has 10 nitrogen and oxygen atoms in total. The van der Waals surface area contributed by atoms with Gasteiger partial charge in [-0.15, -0.1) is 0 Å². The molecule has 3 atom stereocenters. The number of fused-ring (bicyclic) bond motifs is 2. The molecule has 5 aliphatic rings. The van der Waals surface area contributed by atoms with Crippen molar-refractivity contribution in [1.82, 2.24) is 25.1 Å². The van der Waals surface area contributed by atoms with E-state index in [1.54, 1.807) is 4.90 Å². The Morgan fingerprint density at radius 1 is 0.782 bits per heavy atom. The van der Waals surface area contributed by atoms with Crippen LogP contribution in [-0.2, 0) is 17.8 Å². The summed E-state index contributed by atoms with van der Waals surface area (Å²) in [4.78, 5) is 44.8. The van der Waals surface area contributed by atoms with E-state index in [0.29, 0.717) is 37.0 Å². The lowest BCUT2D eigenvalue weighted by Crippen LogP contribution is -2.49. The molecular weight excluding hydrogens is 687 g/mol. The largest absolute Gasteiger partial charge is 0.508 e. The van der Waals surface area contributed by atoms with Crippen LogP contribution in [0.15, 0.2) is 91.4 Å². The zero-order valence-corrected chi connectivity index (χ0v) is 31.6. The molecule has 2 N–H and O–H groups in total. The van der Waals surface area contributed by atoms with E-state index in [1.807, 2.05) is 30.6 Å². The number of carbonyl (C=O) groups excluding carboxylic acids is 2. The number of aromatic nitrogens is 2. The number of hydrogen-bond donors (Lipinski definition) is 2. The highest BCUT2D eigenvalue weighted by Gasteiger charge is 2.38. The average molecular weight is 738 g/mol. The van der Waals surface area contributed by atoms with Gasteiger partial charge in [0.2, 0.25) is 11.9 Å². The van der Waals surface area contributed by atoms with E-state index < -0.39 is 6.04 Å². The summed E-state index contributed by atoms with van der Waals surface area (Å²) < 4.78 is 0. The molecule has 3 saturated heterocycles. The Bertz CT molecular complexity index is 2050. The number of piperazine rings is 1. The standard InChI is InChI=1S/C45H51N7O3/c1-30-7-14-41(43(54)48-30)52-29-34-25-36(9-12-40(34)44(52)55)50-23-21-49(22-24-50)18-15-31-16-19-51(20-17-31)45-46-27-35(28-47-45)42-38(32-5-3-2-4-6-32)11-8-33-26-37(53)10-13-39(33)42/h2-6,9-10,12-13,25-28,31,38,41-42,53H,1,7-8,11,14-24,29H2,(H,48,54)/t38-,41?,42+/m1/s1. The minimum Gasteiger partial charge on any atom is -0.508 e. The van der Waals surface area contributed by atoms with Gasteiger partial charge in [-0.3, -0.25) is 14.5 Å². The molecule has 0 bridgehead atoms. The smallest absolute Gasteiger partial charge is 0.255 e. The molecule has 3 fully saturated rings. The summed E-state index contributed by atoms with van der Waals surface area (Å²) in [5, 5.41) is 13.0. The van der Waals surface area contributed by atoms with E-state index in [1.165, 1.54) is 23.1 Å². The third kappa shape index (κ3) is 7.20. The van der Waals surface area contributed by atoms with Crippen LogP contribution in [0.3, 0.4) is 0 Å². The highest BCUT2D eigenvalue weighted by molar-refractivity contribution is 6.01. The molecule has 0 saturated carbocycles. The Kier molecular flexibility index (Phi) is 9.76. The van der Waals surface area contributed by atoms with Crippen molar-refractivity contribution in [3.63, 3.8) is 0 Å². The summed E-state index contributed by atoms with van der Waals surface area (Å²) in [5.74, 6) is 2.18. The first-order chi connectivity index (χ1) is 26.9. The molecule has 1 unspecified atom stereocenters. The molecule has 9 rings (SSSR count). The van der Waals surface area contributed by atoms with Gasteiger partial charge >= 0.3 is 0 Å². The first kappa shape index (κ1) is 35.5. The maximum atomic E-state index is 13.2. The second-order valence-electron chi connectivity index (χ2n) is 16.2. The van der Waals surface area contributed by atoms with Gasteiger partial charge in [0, 0.05) is 81.1 Å². The predicted molar refractivity (Wildman–Crippen MR) is 214 cm³/mol. The van der Waals surface area contributed by atoms with Crippen LogP contribution in [0.25, 0.3) is 0 Å². The quantitative estimate of drug-likeness (QED) is 0.220. The number of nitrogens with one attached hydrogen (secondary N) is 1. The maximum absolute atomic E-state index is 13.2. The molecule has 2 amide bonds. The van der Waals surface area contributed by atoms with Crippen LogP contribution < -0.4 is 15.1 Å². The van der Waals surface area contributed by atoms with Crippen molar-refractivity contribution in [3.05, 3.63) is 125 Å². The number of amides is 2. The van der Waals surface area contributed by atoms with Gasteiger partial charge in [-0.05, 0) is 121 Å². The molecule has 4 aromatic rings. The fourth-order valence-electron chi connectivity index (χ4n) is 9.79. The van der Waals surface area contributed by atoms with Crippen molar-refractivity contribution in [2.24, 2.45) is 5.92 Å². The summed E-state index contributed by atoms with van der Waals surface area (Å²) in [7, 11) is 0. The number of phenols is 1. The number of rotatable bonds is 8. The number of aryl methyl sites for hydroxylation is 1. The fraction of sp³-hybridized carbons (Fsp3) is 0.422. The van der Waals surface area contributed by atoms with Gasteiger partial charge in [-0.25, -0.2) is 9.97 Å². The summed E-state index contributed by atoms with van der Waals surface area (Å²) in [5.41, 5.74) is 8.59. The Morgan fingerprint density at radius 2 is 1.56 bits per heavy atom. The van der Waals surface area contributed by atoms with Gasteiger partial charge in [0.1, 0.15) is 11.8 Å². The topological polar surface area (TPSA) is 105 Å². The molecule has 4 aliphatic heterocycles. The first-order valence-electron chi connectivity index (χ1n) is 20.2. The Labute approximate surface area is 323 Å². The third-order valence-corrected chi connectivity index (χ3v) is 12.9. The van der Waals surface area contributed by atoms with Crippen molar-refractivity contribution in [2.75, 3.05) is 55.6 Å². The van der Waals surface area contributed by atoms with Gasteiger partial charge in [-0.2, -0.15) is 0 Å². The number of benzene rings is 3. The molecule has 0 radical (unpaired) electrons. The van der Waals surface area contributed by atoms with Gasteiger partial charge in [0.15, 0.2) is 0 Å². The van der Waals surface area contributed by atoms with Crippen molar-refractivity contribution < 1.29 is 14.7 Å². The van der Waals surface area contributed by atoms with Crippen LogP contribution >= 0.6 is 0 Å². The summed E-state index contributed by atoms with van der Waals surface area (Å²) in [6.45, 7) is 11.4. The molecule has 5 heterocycles. The van der Waals surface area contributed by atoms with Crippen LogP contribution in [0.1, 0.15) is 88.5 Å². The molecule has 3 aromatic carbocycles. The van der Waals surface area contributed by atoms with Crippen LogP contribution in [0.4, 0.5) is 11.6 Å². The molecular formula is C45H51N7O3. The van der Waals surface area contributed by atoms with E-state index in [0.717, 1.165) is 106 Å². The van der Waals surface area contributed by atoms with Crippen molar-refractivity contribution in [1.29, 1.82) is 0 Å². The second kappa shape index (κ2) is 15.1. The number of piperidine rings is 2. The Balaban J connectivity index is 0.756. The lowest BCUT2D eigenvalue weighted by molar-refractivity contribution is -0.126. The zero-order valence-electron chi connectivity index (χ0n) is 31.6. The highest BCUT2D eigenvalue weighted by atomic mass is 16.3. The van der Waals surface area contributed by atoms with Gasteiger partial charge in [-0.1, -0.05) is 43.0 Å². The van der Waals surface area contributed by atoms with Gasteiger partial charge in [0.25, 0.3) is 5.91 Å². The van der Waals surface area contributed by atoms with Gasteiger partial charge < -0.3 is 25.1 Å². The van der Waals surface area contributed by atoms with Crippen LogP contribution in [0, 0.1) is 5.92 Å². The fourth-order valence-corrected chi connectivity index (χ4v) is 9.79. The van der Waals surface area contributed by atoms with E-state index >= 15 is 0 Å². The zero-order chi connectivity index (χ0) is 37.5. The number of anilines is 2. The highest BCUT2D eigenvalue weighted by Crippen LogP contribution is 2.47. The lowest BCUT2D eigenvalue weighted by atomic mass is 9.70. The maximum Gasteiger partial charge on any atom is 0.255 e. The monoisotopic (exact) mass is 737 g/mol. The minimum absolute atomic E-state index is 0.0446. The number of aromatic hydroxyl groups is 1. The van der Waals surface area contributed by atoms with Crippen molar-refractivity contribution >= 4 is 23.5 Å².